The van der Waals surface area contributed by atoms with Crippen molar-refractivity contribution >= 4 is 39.2 Å². The number of nitrogens with zero attached hydrogens (tertiary/aromatic N) is 1. The van der Waals surface area contributed by atoms with Crippen LogP contribution in [-0.2, 0) is 6.42 Å². The topological polar surface area (TPSA) is 12.9 Å². The van der Waals surface area contributed by atoms with Gasteiger partial charge >= 0.3 is 0 Å². The molecule has 0 saturated carbocycles. The fourth-order valence-electron chi connectivity index (χ4n) is 2.63. The van der Waals surface area contributed by atoms with Gasteiger partial charge in [-0.25, -0.2) is 0 Å². The molecule has 1 nitrogen and oxygen atoms in total. The Balaban J connectivity index is 2.27. The Hall–Kier alpha value is -1.12. The number of benzene rings is 1. The van der Waals surface area contributed by atoms with Crippen molar-refractivity contribution in [3.8, 4) is 0 Å². The van der Waals surface area contributed by atoms with Crippen molar-refractivity contribution in [3.05, 3.63) is 62.3 Å². The van der Waals surface area contributed by atoms with Crippen LogP contribution in [-0.4, -0.2) is 4.98 Å². The van der Waals surface area contributed by atoms with Crippen LogP contribution in [0.3, 0.4) is 0 Å². The summed E-state index contributed by atoms with van der Waals surface area (Å²) in [7, 11) is 0. The largest absolute Gasteiger partial charge is 0.259 e. The van der Waals surface area contributed by atoms with Crippen LogP contribution in [0.2, 0.25) is 5.02 Å². The lowest BCUT2D eigenvalue weighted by Crippen LogP contribution is -1.98. The Morgan fingerprint density at radius 3 is 2.80 bits per heavy atom. The number of allylic oxidation sites excluding steroid dienone is 1. The quantitative estimate of drug-likeness (QED) is 0.654. The first kappa shape index (κ1) is 13.8. The van der Waals surface area contributed by atoms with Crippen molar-refractivity contribution in [1.29, 1.82) is 0 Å². The lowest BCUT2D eigenvalue weighted by atomic mass is 9.91. The van der Waals surface area contributed by atoms with Crippen molar-refractivity contribution in [2.45, 2.75) is 20.3 Å². The first-order valence-electron chi connectivity index (χ1n) is 6.69. The summed E-state index contributed by atoms with van der Waals surface area (Å²) in [6, 6.07) is 8.29. The molecule has 0 radical (unpaired) electrons. The van der Waals surface area contributed by atoms with E-state index in [1.807, 2.05) is 12.3 Å². The van der Waals surface area contributed by atoms with Gasteiger partial charge in [0.2, 0.25) is 0 Å². The van der Waals surface area contributed by atoms with Crippen LogP contribution >= 0.6 is 27.5 Å². The molecule has 1 heterocycles. The monoisotopic (exact) mass is 347 g/mol. The maximum absolute atomic E-state index is 6.19. The molecule has 0 amide bonds. The number of rotatable bonds is 1. The van der Waals surface area contributed by atoms with E-state index in [-0.39, 0.29) is 0 Å². The normalized spacial score (nSPS) is 13.6. The fraction of sp³-hybridized carbons (Fsp3) is 0.235. The fourth-order valence-corrected chi connectivity index (χ4v) is 3.15. The molecular weight excluding hydrogens is 334 g/mol. The molecule has 0 aliphatic heterocycles. The van der Waals surface area contributed by atoms with E-state index in [9.17, 15) is 0 Å². The molecular formula is C17H15BrClN. The van der Waals surface area contributed by atoms with Gasteiger partial charge < -0.3 is 0 Å². The molecule has 20 heavy (non-hydrogen) atoms. The summed E-state index contributed by atoms with van der Waals surface area (Å²) in [4.78, 5) is 4.57. The summed E-state index contributed by atoms with van der Waals surface area (Å²) in [6.45, 7) is 4.43. The van der Waals surface area contributed by atoms with E-state index in [1.54, 1.807) is 0 Å². The molecule has 2 aromatic rings. The molecule has 102 valence electrons. The molecule has 0 bridgehead atoms. The summed E-state index contributed by atoms with van der Waals surface area (Å²) in [5.41, 5.74) is 6.17. The Morgan fingerprint density at radius 2 is 2.05 bits per heavy atom. The average molecular weight is 349 g/mol. The third kappa shape index (κ3) is 2.55. The number of fused-ring (bicyclic) bond motifs is 2. The van der Waals surface area contributed by atoms with Crippen LogP contribution < -0.4 is 0 Å². The van der Waals surface area contributed by atoms with Gasteiger partial charge in [0.05, 0.1) is 5.69 Å². The first-order valence-corrected chi connectivity index (χ1v) is 7.86. The van der Waals surface area contributed by atoms with E-state index in [0.717, 1.165) is 21.6 Å². The lowest BCUT2D eigenvalue weighted by molar-refractivity contribution is 0.857. The summed E-state index contributed by atoms with van der Waals surface area (Å²) >= 11 is 9.69. The summed E-state index contributed by atoms with van der Waals surface area (Å²) in [5.74, 6) is 0.442. The molecule has 0 atom stereocenters. The summed E-state index contributed by atoms with van der Waals surface area (Å²) in [6.07, 6.45) is 4.96. The molecule has 3 heteroatoms. The third-order valence-electron chi connectivity index (χ3n) is 3.64. The number of halogens is 2. The van der Waals surface area contributed by atoms with Gasteiger partial charge in [0.15, 0.2) is 0 Å². The van der Waals surface area contributed by atoms with Gasteiger partial charge in [0, 0.05) is 22.1 Å². The number of hydrogen-bond acceptors (Lipinski definition) is 1. The Kier molecular flexibility index (Phi) is 3.70. The van der Waals surface area contributed by atoms with Gasteiger partial charge in [-0.05, 0) is 68.4 Å². The van der Waals surface area contributed by atoms with Crippen LogP contribution in [0.5, 0.6) is 0 Å². The maximum Gasteiger partial charge on any atom is 0.0520 e. The Morgan fingerprint density at radius 1 is 1.25 bits per heavy atom. The van der Waals surface area contributed by atoms with Gasteiger partial charge in [0.25, 0.3) is 0 Å². The van der Waals surface area contributed by atoms with Gasteiger partial charge in [0.1, 0.15) is 0 Å². The van der Waals surface area contributed by atoms with Crippen LogP contribution in [0.1, 0.15) is 36.2 Å². The van der Waals surface area contributed by atoms with Crippen molar-refractivity contribution in [2.75, 3.05) is 0 Å². The molecule has 0 fully saturated rings. The van der Waals surface area contributed by atoms with Crippen molar-refractivity contribution in [3.63, 3.8) is 0 Å². The SMILES string of the molecule is CC(C)C1=Cc2cc(Br)cnc2Cc2ccc(Cl)cc21. The highest BCUT2D eigenvalue weighted by atomic mass is 79.9. The van der Waals surface area contributed by atoms with Gasteiger partial charge in [-0.15, -0.1) is 0 Å². The van der Waals surface area contributed by atoms with Crippen LogP contribution in [0.4, 0.5) is 0 Å². The van der Waals surface area contributed by atoms with Crippen molar-refractivity contribution in [2.24, 2.45) is 5.92 Å². The van der Waals surface area contributed by atoms with Crippen LogP contribution in [0, 0.1) is 5.92 Å². The van der Waals surface area contributed by atoms with Crippen LogP contribution in [0.15, 0.2) is 34.9 Å². The Bertz CT molecular complexity index is 704. The van der Waals surface area contributed by atoms with E-state index in [2.05, 4.69) is 59.0 Å². The molecule has 1 aromatic carbocycles. The first-order chi connectivity index (χ1) is 9.54. The predicted molar refractivity (Wildman–Crippen MR) is 88.9 cm³/mol. The highest BCUT2D eigenvalue weighted by Gasteiger charge is 2.18. The molecule has 1 aliphatic carbocycles. The second-order valence-corrected chi connectivity index (χ2v) is 6.77. The van der Waals surface area contributed by atoms with E-state index < -0.39 is 0 Å². The van der Waals surface area contributed by atoms with Gasteiger partial charge in [-0.2, -0.15) is 0 Å². The number of pyridine rings is 1. The standard InChI is InChI=1S/C17H15BrClN/c1-10(2)15-6-12-5-13(18)9-20-17(12)7-11-3-4-14(19)8-16(11)15/h3-6,8-10H,7H2,1-2H3. The predicted octanol–water partition coefficient (Wildman–Crippen LogP) is 5.60. The third-order valence-corrected chi connectivity index (χ3v) is 4.31. The molecule has 0 saturated heterocycles. The minimum Gasteiger partial charge on any atom is -0.259 e. The van der Waals surface area contributed by atoms with Gasteiger partial charge in [-0.3, -0.25) is 4.98 Å². The zero-order valence-corrected chi connectivity index (χ0v) is 13.8. The smallest absolute Gasteiger partial charge is 0.0520 e. The number of hydrogen-bond donors (Lipinski definition) is 0. The highest BCUT2D eigenvalue weighted by Crippen LogP contribution is 2.35. The average Bonchev–Trinajstić information content (AvgIpc) is 2.55. The van der Waals surface area contributed by atoms with Gasteiger partial charge in [-0.1, -0.05) is 31.5 Å². The molecule has 0 spiro atoms. The second-order valence-electron chi connectivity index (χ2n) is 5.42. The minimum absolute atomic E-state index is 0.442. The maximum atomic E-state index is 6.19. The van der Waals surface area contributed by atoms with E-state index in [4.69, 9.17) is 11.6 Å². The lowest BCUT2D eigenvalue weighted by Gasteiger charge is -2.14. The zero-order valence-electron chi connectivity index (χ0n) is 11.5. The van der Waals surface area contributed by atoms with Crippen molar-refractivity contribution < 1.29 is 0 Å². The molecule has 3 rings (SSSR count). The summed E-state index contributed by atoms with van der Waals surface area (Å²) in [5, 5.41) is 0.787. The van der Waals surface area contributed by atoms with E-state index in [1.165, 1.54) is 22.3 Å². The second kappa shape index (κ2) is 5.34. The summed E-state index contributed by atoms with van der Waals surface area (Å²) < 4.78 is 1.01. The van der Waals surface area contributed by atoms with Crippen LogP contribution in [0.25, 0.3) is 11.6 Å². The Labute approximate surface area is 132 Å². The number of aromatic nitrogens is 1. The highest BCUT2D eigenvalue weighted by molar-refractivity contribution is 9.10. The molecule has 0 N–H and O–H groups in total. The molecule has 0 unspecified atom stereocenters. The molecule has 1 aliphatic rings. The van der Waals surface area contributed by atoms with Crippen molar-refractivity contribution in [1.82, 2.24) is 4.98 Å². The zero-order chi connectivity index (χ0) is 14.3. The minimum atomic E-state index is 0.442. The van der Waals surface area contributed by atoms with E-state index in [0.29, 0.717) is 5.92 Å². The van der Waals surface area contributed by atoms with E-state index >= 15 is 0 Å². The molecule has 1 aromatic heterocycles.